The summed E-state index contributed by atoms with van der Waals surface area (Å²) in [7, 11) is 2.10. The molecule has 0 radical (unpaired) electrons. The van der Waals surface area contributed by atoms with E-state index >= 15 is 0 Å². The molecule has 3 heteroatoms. The molecule has 1 aromatic rings. The number of hydrogen-bond acceptors (Lipinski definition) is 1. The number of benzene rings is 1. The molecule has 1 rings (SSSR count). The van der Waals surface area contributed by atoms with Crippen LogP contribution < -0.4 is 4.90 Å². The maximum Gasteiger partial charge on any atom is 0.0467 e. The molecule has 0 fully saturated rings. The van der Waals surface area contributed by atoms with Crippen LogP contribution in [0.5, 0.6) is 0 Å². The number of anilines is 1. The molecular weight excluding hydrogens is 273 g/mol. The minimum absolute atomic E-state index is 0.538. The van der Waals surface area contributed by atoms with Gasteiger partial charge in [-0.05, 0) is 31.0 Å². The average Bonchev–Trinajstić information content (AvgIpc) is 2.26. The fourth-order valence-electron chi connectivity index (χ4n) is 1.39. The highest BCUT2D eigenvalue weighted by molar-refractivity contribution is 9.08. The number of rotatable bonds is 4. The van der Waals surface area contributed by atoms with Crippen molar-refractivity contribution in [1.29, 1.82) is 0 Å². The molecule has 0 amide bonds. The van der Waals surface area contributed by atoms with Crippen molar-refractivity contribution in [2.24, 2.45) is 0 Å². The normalized spacial score (nSPS) is 12.6. The van der Waals surface area contributed by atoms with Gasteiger partial charge < -0.3 is 4.90 Å². The molecule has 0 aliphatic carbocycles. The molecule has 0 aliphatic rings. The summed E-state index contributed by atoms with van der Waals surface area (Å²) in [5, 5.41) is 1.64. The molecule has 0 saturated heterocycles. The second-order valence-corrected chi connectivity index (χ2v) is 4.75. The van der Waals surface area contributed by atoms with Gasteiger partial charge in [0.1, 0.15) is 0 Å². The molecule has 0 bridgehead atoms. The second-order valence-electron chi connectivity index (χ2n) is 3.78. The van der Waals surface area contributed by atoms with Crippen LogP contribution in [0.2, 0.25) is 5.02 Å². The third-order valence-corrected chi connectivity index (χ3v) is 3.80. The lowest BCUT2D eigenvalue weighted by atomic mass is 10.1. The molecule has 1 atom stereocenters. The highest BCUT2D eigenvalue weighted by Gasteiger charge is 2.09. The van der Waals surface area contributed by atoms with Gasteiger partial charge in [-0.25, -0.2) is 0 Å². The molecule has 0 heterocycles. The number of nitrogens with zero attached hydrogens (tertiary/aromatic N) is 1. The van der Waals surface area contributed by atoms with Gasteiger partial charge >= 0.3 is 0 Å². The van der Waals surface area contributed by atoms with Crippen LogP contribution in [0.15, 0.2) is 18.2 Å². The van der Waals surface area contributed by atoms with Crippen LogP contribution in [0.4, 0.5) is 5.69 Å². The predicted molar refractivity (Wildman–Crippen MR) is 72.2 cm³/mol. The molecule has 84 valence electrons. The largest absolute Gasteiger partial charge is 0.372 e. The zero-order valence-corrected chi connectivity index (χ0v) is 11.8. The van der Waals surface area contributed by atoms with Crippen LogP contribution in [0.3, 0.4) is 0 Å². The topological polar surface area (TPSA) is 3.24 Å². The monoisotopic (exact) mass is 289 g/mol. The van der Waals surface area contributed by atoms with Gasteiger partial charge in [-0.3, -0.25) is 0 Å². The van der Waals surface area contributed by atoms with Crippen molar-refractivity contribution in [3.05, 3.63) is 28.8 Å². The Kier molecular flexibility index (Phi) is 4.94. The molecule has 0 N–H and O–H groups in total. The third-order valence-electron chi connectivity index (χ3n) is 2.84. The molecule has 0 aliphatic heterocycles. The summed E-state index contributed by atoms with van der Waals surface area (Å²) in [6, 6.07) is 6.76. The molecule has 1 unspecified atom stereocenters. The van der Waals surface area contributed by atoms with Gasteiger partial charge in [-0.1, -0.05) is 40.5 Å². The van der Waals surface area contributed by atoms with E-state index in [2.05, 4.69) is 53.9 Å². The van der Waals surface area contributed by atoms with Crippen molar-refractivity contribution in [1.82, 2.24) is 0 Å². The van der Waals surface area contributed by atoms with Gasteiger partial charge in [0.15, 0.2) is 0 Å². The smallest absolute Gasteiger partial charge is 0.0467 e. The van der Waals surface area contributed by atoms with E-state index < -0.39 is 0 Å². The molecule has 15 heavy (non-hydrogen) atoms. The summed E-state index contributed by atoms with van der Waals surface area (Å²) in [5.41, 5.74) is 2.32. The van der Waals surface area contributed by atoms with Crippen LogP contribution >= 0.6 is 27.5 Å². The number of alkyl halides is 1. The Bertz CT molecular complexity index is 327. The van der Waals surface area contributed by atoms with Crippen molar-refractivity contribution in [3.63, 3.8) is 0 Å². The zero-order valence-electron chi connectivity index (χ0n) is 9.43. The minimum atomic E-state index is 0.538. The molecular formula is C12H17BrClN. The van der Waals surface area contributed by atoms with E-state index in [0.29, 0.717) is 6.04 Å². The van der Waals surface area contributed by atoms with Gasteiger partial charge in [0.25, 0.3) is 0 Å². The second kappa shape index (κ2) is 5.76. The Morgan fingerprint density at radius 3 is 2.60 bits per heavy atom. The van der Waals surface area contributed by atoms with E-state index in [1.54, 1.807) is 0 Å². The predicted octanol–water partition coefficient (Wildman–Crippen LogP) is 4.47. The molecule has 1 aromatic carbocycles. The number of hydrogen-bond donors (Lipinski definition) is 0. The molecule has 0 saturated carbocycles. The van der Waals surface area contributed by atoms with Crippen molar-refractivity contribution in [2.45, 2.75) is 31.6 Å². The van der Waals surface area contributed by atoms with E-state index in [1.807, 2.05) is 6.07 Å². The summed E-state index contributed by atoms with van der Waals surface area (Å²) in [4.78, 5) is 2.25. The average molecular weight is 291 g/mol. The fraction of sp³-hybridized carbons (Fsp3) is 0.500. The van der Waals surface area contributed by atoms with E-state index in [0.717, 1.165) is 22.3 Å². The lowest BCUT2D eigenvalue weighted by molar-refractivity contribution is 0.664. The van der Waals surface area contributed by atoms with Gasteiger partial charge in [0.2, 0.25) is 0 Å². The van der Waals surface area contributed by atoms with Gasteiger partial charge in [0.05, 0.1) is 0 Å². The SMILES string of the molecule is CCC(C)N(C)c1ccc(CBr)c(Cl)c1. The highest BCUT2D eigenvalue weighted by Crippen LogP contribution is 2.26. The quantitative estimate of drug-likeness (QED) is 0.740. The van der Waals surface area contributed by atoms with E-state index in [4.69, 9.17) is 11.6 Å². The minimum Gasteiger partial charge on any atom is -0.372 e. The van der Waals surface area contributed by atoms with E-state index in [1.165, 1.54) is 5.69 Å². The van der Waals surface area contributed by atoms with Crippen molar-refractivity contribution in [2.75, 3.05) is 11.9 Å². The van der Waals surface area contributed by atoms with Crippen molar-refractivity contribution < 1.29 is 0 Å². The van der Waals surface area contributed by atoms with Crippen molar-refractivity contribution >= 4 is 33.2 Å². The third kappa shape index (κ3) is 3.12. The Morgan fingerprint density at radius 1 is 1.47 bits per heavy atom. The fourth-order valence-corrected chi connectivity index (χ4v) is 2.28. The first-order chi connectivity index (χ1) is 7.10. The Balaban J connectivity index is 2.92. The first kappa shape index (κ1) is 12.9. The molecule has 0 spiro atoms. The maximum atomic E-state index is 6.16. The Labute approximate surface area is 106 Å². The summed E-state index contributed by atoms with van der Waals surface area (Å²) >= 11 is 9.58. The van der Waals surface area contributed by atoms with Crippen LogP contribution in [0.1, 0.15) is 25.8 Å². The van der Waals surface area contributed by atoms with Gasteiger partial charge in [-0.2, -0.15) is 0 Å². The first-order valence-electron chi connectivity index (χ1n) is 5.17. The van der Waals surface area contributed by atoms with Crippen LogP contribution in [0, 0.1) is 0 Å². The Morgan fingerprint density at radius 2 is 2.13 bits per heavy atom. The van der Waals surface area contributed by atoms with E-state index in [9.17, 15) is 0 Å². The van der Waals surface area contributed by atoms with Crippen molar-refractivity contribution in [3.8, 4) is 0 Å². The molecule has 1 nitrogen and oxygen atoms in total. The maximum absolute atomic E-state index is 6.16. The standard InChI is InChI=1S/C12H17BrClN/c1-4-9(2)15(3)11-6-5-10(8-13)12(14)7-11/h5-7,9H,4,8H2,1-3H3. The first-order valence-corrected chi connectivity index (χ1v) is 6.67. The van der Waals surface area contributed by atoms with E-state index in [-0.39, 0.29) is 0 Å². The zero-order chi connectivity index (χ0) is 11.4. The lowest BCUT2D eigenvalue weighted by Gasteiger charge is -2.26. The van der Waals surface area contributed by atoms with Crippen LogP contribution in [-0.4, -0.2) is 13.1 Å². The Hall–Kier alpha value is -0.210. The lowest BCUT2D eigenvalue weighted by Crippen LogP contribution is -2.27. The summed E-state index contributed by atoms with van der Waals surface area (Å²) in [5.74, 6) is 0. The summed E-state index contributed by atoms with van der Waals surface area (Å²) in [6.45, 7) is 4.40. The van der Waals surface area contributed by atoms with Gasteiger partial charge in [-0.15, -0.1) is 0 Å². The highest BCUT2D eigenvalue weighted by atomic mass is 79.9. The van der Waals surface area contributed by atoms with Gasteiger partial charge in [0, 0.05) is 29.1 Å². The van der Waals surface area contributed by atoms with Crippen LogP contribution in [0.25, 0.3) is 0 Å². The van der Waals surface area contributed by atoms with Crippen LogP contribution in [-0.2, 0) is 5.33 Å². The number of halogens is 2. The summed E-state index contributed by atoms with van der Waals surface area (Å²) in [6.07, 6.45) is 1.13. The summed E-state index contributed by atoms with van der Waals surface area (Å²) < 4.78 is 0. The molecule has 0 aromatic heterocycles.